The van der Waals surface area contributed by atoms with Gasteiger partial charge in [0.15, 0.2) is 0 Å². The smallest absolute Gasteiger partial charge is 0.314 e. The molecule has 1 fully saturated rings. The number of rotatable bonds is 4. The lowest BCUT2D eigenvalue weighted by Gasteiger charge is -2.36. The van der Waals surface area contributed by atoms with E-state index in [0.29, 0.717) is 6.42 Å². The summed E-state index contributed by atoms with van der Waals surface area (Å²) in [5, 5.41) is 9.72. The SMILES string of the molecule is CC[C@@]1(C(=O)O)[C@H]2Oc3ccc(O[Si](C)(C)C(C)(C)C)cc3[C@@H]21. The molecule has 0 radical (unpaired) electrons. The van der Waals surface area contributed by atoms with Crippen molar-refractivity contribution < 1.29 is 19.1 Å². The Labute approximate surface area is 138 Å². The molecule has 1 aliphatic carbocycles. The Balaban J connectivity index is 1.89. The van der Waals surface area contributed by atoms with Gasteiger partial charge in [0.2, 0.25) is 8.32 Å². The van der Waals surface area contributed by atoms with Crippen LogP contribution in [0.25, 0.3) is 0 Å². The molecule has 1 saturated carbocycles. The molecule has 2 aliphatic rings. The maximum atomic E-state index is 11.7. The zero-order valence-corrected chi connectivity index (χ0v) is 15.8. The monoisotopic (exact) mass is 334 g/mol. The Morgan fingerprint density at radius 3 is 2.57 bits per heavy atom. The van der Waals surface area contributed by atoms with Gasteiger partial charge in [-0.15, -0.1) is 0 Å². The van der Waals surface area contributed by atoms with E-state index in [9.17, 15) is 9.90 Å². The van der Waals surface area contributed by atoms with Gasteiger partial charge < -0.3 is 14.3 Å². The molecule has 3 atom stereocenters. The van der Waals surface area contributed by atoms with E-state index in [2.05, 4.69) is 33.9 Å². The molecule has 3 rings (SSSR count). The van der Waals surface area contributed by atoms with Crippen molar-refractivity contribution in [1.29, 1.82) is 0 Å². The topological polar surface area (TPSA) is 55.8 Å². The third-order valence-electron chi connectivity index (χ3n) is 5.99. The maximum Gasteiger partial charge on any atom is 0.314 e. The quantitative estimate of drug-likeness (QED) is 0.829. The van der Waals surface area contributed by atoms with E-state index in [1.54, 1.807) is 0 Å². The Bertz CT molecular complexity index is 661. The van der Waals surface area contributed by atoms with Crippen LogP contribution in [0.15, 0.2) is 18.2 Å². The minimum Gasteiger partial charge on any atom is -0.543 e. The molecule has 0 spiro atoms. The van der Waals surface area contributed by atoms with Crippen LogP contribution in [0.5, 0.6) is 11.5 Å². The number of carboxylic acids is 1. The molecule has 1 aromatic rings. The first-order valence-corrected chi connectivity index (χ1v) is 11.2. The van der Waals surface area contributed by atoms with Crippen molar-refractivity contribution in [2.75, 3.05) is 0 Å². The van der Waals surface area contributed by atoms with Crippen molar-refractivity contribution in [2.45, 2.75) is 64.3 Å². The number of fused-ring (bicyclic) bond motifs is 3. The molecule has 0 saturated heterocycles. The predicted octanol–water partition coefficient (Wildman–Crippen LogP) is 4.41. The summed E-state index contributed by atoms with van der Waals surface area (Å²) in [4.78, 5) is 11.7. The minimum atomic E-state index is -1.91. The van der Waals surface area contributed by atoms with Crippen molar-refractivity contribution in [1.82, 2.24) is 0 Å². The van der Waals surface area contributed by atoms with Crippen LogP contribution < -0.4 is 9.16 Å². The molecule has 1 aliphatic heterocycles. The van der Waals surface area contributed by atoms with Crippen molar-refractivity contribution in [3.8, 4) is 11.5 Å². The summed E-state index contributed by atoms with van der Waals surface area (Å²) in [7, 11) is -1.91. The number of carbonyl (C=O) groups is 1. The average Bonchev–Trinajstić information content (AvgIpc) is 2.92. The first-order valence-electron chi connectivity index (χ1n) is 8.27. The van der Waals surface area contributed by atoms with Crippen molar-refractivity contribution in [2.24, 2.45) is 5.41 Å². The first-order chi connectivity index (χ1) is 10.5. The first kappa shape index (κ1) is 16.4. The van der Waals surface area contributed by atoms with Gasteiger partial charge in [-0.25, -0.2) is 0 Å². The zero-order valence-electron chi connectivity index (χ0n) is 14.8. The zero-order chi connectivity index (χ0) is 17.2. The van der Waals surface area contributed by atoms with Crippen molar-refractivity contribution in [3.05, 3.63) is 23.8 Å². The van der Waals surface area contributed by atoms with Crippen LogP contribution in [-0.2, 0) is 4.79 Å². The number of carboxylic acid groups (broad SMARTS) is 1. The fourth-order valence-electron chi connectivity index (χ4n) is 3.37. The molecule has 0 bridgehead atoms. The molecule has 23 heavy (non-hydrogen) atoms. The molecule has 0 aromatic heterocycles. The molecular weight excluding hydrogens is 308 g/mol. The molecule has 0 unspecified atom stereocenters. The van der Waals surface area contributed by atoms with E-state index in [-0.39, 0.29) is 17.1 Å². The Morgan fingerprint density at radius 1 is 1.39 bits per heavy atom. The van der Waals surface area contributed by atoms with Gasteiger partial charge in [0.25, 0.3) is 0 Å². The molecule has 0 amide bonds. The summed E-state index contributed by atoms with van der Waals surface area (Å²) < 4.78 is 12.2. The van der Waals surface area contributed by atoms with Gasteiger partial charge in [-0.1, -0.05) is 27.7 Å². The predicted molar refractivity (Wildman–Crippen MR) is 91.8 cm³/mol. The third kappa shape index (κ3) is 2.20. The summed E-state index contributed by atoms with van der Waals surface area (Å²) >= 11 is 0. The van der Waals surface area contributed by atoms with Gasteiger partial charge in [-0.2, -0.15) is 0 Å². The van der Waals surface area contributed by atoms with Crippen LogP contribution >= 0.6 is 0 Å². The van der Waals surface area contributed by atoms with E-state index in [4.69, 9.17) is 9.16 Å². The lowest BCUT2D eigenvalue weighted by molar-refractivity contribution is -0.145. The van der Waals surface area contributed by atoms with Gasteiger partial charge in [0, 0.05) is 11.5 Å². The lowest BCUT2D eigenvalue weighted by Crippen LogP contribution is -2.43. The summed E-state index contributed by atoms with van der Waals surface area (Å²) in [6.45, 7) is 13.0. The highest BCUT2D eigenvalue weighted by Gasteiger charge is 2.75. The number of hydrogen-bond acceptors (Lipinski definition) is 3. The molecule has 5 heteroatoms. The van der Waals surface area contributed by atoms with E-state index in [1.807, 2.05) is 25.1 Å². The third-order valence-corrected chi connectivity index (χ3v) is 10.3. The lowest BCUT2D eigenvalue weighted by atomic mass is 9.95. The highest BCUT2D eigenvalue weighted by atomic mass is 28.4. The van der Waals surface area contributed by atoms with Crippen LogP contribution in [0.2, 0.25) is 18.1 Å². The van der Waals surface area contributed by atoms with E-state index >= 15 is 0 Å². The van der Waals surface area contributed by atoms with Gasteiger partial charge in [-0.3, -0.25) is 4.79 Å². The second kappa shape index (κ2) is 4.76. The van der Waals surface area contributed by atoms with E-state index < -0.39 is 19.7 Å². The van der Waals surface area contributed by atoms with Gasteiger partial charge in [0.05, 0.1) is 0 Å². The molecule has 1 heterocycles. The fraction of sp³-hybridized carbons (Fsp3) is 0.611. The molecular formula is C18H26O4Si. The van der Waals surface area contributed by atoms with Crippen LogP contribution in [-0.4, -0.2) is 25.5 Å². The normalized spacial score (nSPS) is 28.6. The number of benzene rings is 1. The van der Waals surface area contributed by atoms with Crippen LogP contribution in [0.4, 0.5) is 0 Å². The average molecular weight is 334 g/mol. The summed E-state index contributed by atoms with van der Waals surface area (Å²) in [5.41, 5.74) is 0.248. The summed E-state index contributed by atoms with van der Waals surface area (Å²) in [6.07, 6.45) is 0.368. The van der Waals surface area contributed by atoms with E-state index in [0.717, 1.165) is 17.1 Å². The fourth-order valence-corrected chi connectivity index (χ4v) is 4.39. The van der Waals surface area contributed by atoms with Gasteiger partial charge in [0.1, 0.15) is 23.0 Å². The van der Waals surface area contributed by atoms with Crippen LogP contribution in [0.3, 0.4) is 0 Å². The second-order valence-corrected chi connectivity index (χ2v) is 13.0. The van der Waals surface area contributed by atoms with Crippen LogP contribution in [0.1, 0.15) is 45.6 Å². The van der Waals surface area contributed by atoms with Gasteiger partial charge in [-0.05, 0) is 42.8 Å². The van der Waals surface area contributed by atoms with Gasteiger partial charge >= 0.3 is 5.97 Å². The minimum absolute atomic E-state index is 0.0389. The van der Waals surface area contributed by atoms with Crippen molar-refractivity contribution in [3.63, 3.8) is 0 Å². The Kier molecular flexibility index (Phi) is 3.38. The highest BCUT2D eigenvalue weighted by Crippen LogP contribution is 2.69. The van der Waals surface area contributed by atoms with Crippen molar-refractivity contribution >= 4 is 14.3 Å². The molecule has 4 nitrogen and oxygen atoms in total. The molecule has 1 aromatic carbocycles. The largest absolute Gasteiger partial charge is 0.543 e. The molecule has 126 valence electrons. The summed E-state index contributed by atoms with van der Waals surface area (Å²) in [6, 6.07) is 5.87. The summed E-state index contributed by atoms with van der Waals surface area (Å²) in [5.74, 6) is 0.856. The number of aliphatic carboxylic acids is 1. The van der Waals surface area contributed by atoms with E-state index in [1.165, 1.54) is 0 Å². The number of ether oxygens (including phenoxy) is 1. The van der Waals surface area contributed by atoms with Crippen LogP contribution in [0, 0.1) is 5.41 Å². The maximum absolute atomic E-state index is 11.7. The molecule has 1 N–H and O–H groups in total. The Morgan fingerprint density at radius 2 is 2.04 bits per heavy atom. The number of hydrogen-bond donors (Lipinski definition) is 1. The highest BCUT2D eigenvalue weighted by molar-refractivity contribution is 6.74. The second-order valence-electron chi connectivity index (χ2n) is 8.28. The standard InChI is InChI=1S/C18H26O4Si/c1-7-18(16(19)20)14-12-10-11(8-9-13(12)21-15(14)18)22-23(5,6)17(2,3)4/h8-10,14-15H,7H2,1-6H3,(H,19,20)/t14-,15-,18-/m0/s1. The Hall–Kier alpha value is -1.49.